The van der Waals surface area contributed by atoms with Crippen molar-refractivity contribution in [2.24, 2.45) is 0 Å². The molecule has 120 valence electrons. The molecular formula is C14H17FN2O5. The second-order valence-electron chi connectivity index (χ2n) is 5.84. The van der Waals surface area contributed by atoms with E-state index in [0.717, 1.165) is 6.07 Å². The maximum atomic E-state index is 14.2. The molecule has 0 aliphatic rings. The number of aldehydes is 1. The van der Waals surface area contributed by atoms with Crippen molar-refractivity contribution < 1.29 is 23.6 Å². The number of benzene rings is 1. The summed E-state index contributed by atoms with van der Waals surface area (Å²) in [6, 6.07) is 3.39. The first-order valence-corrected chi connectivity index (χ1v) is 6.41. The van der Waals surface area contributed by atoms with E-state index in [1.165, 1.54) is 19.1 Å². The van der Waals surface area contributed by atoms with Crippen molar-refractivity contribution in [3.05, 3.63) is 39.7 Å². The third-order valence-corrected chi connectivity index (χ3v) is 2.73. The molecule has 22 heavy (non-hydrogen) atoms. The third-order valence-electron chi connectivity index (χ3n) is 2.73. The summed E-state index contributed by atoms with van der Waals surface area (Å²) in [7, 11) is 0. The number of hydrogen-bond donors (Lipinski definition) is 1. The Bertz CT molecular complexity index is 612. The molecule has 0 radical (unpaired) electrons. The van der Waals surface area contributed by atoms with Crippen molar-refractivity contribution in [3.8, 4) is 0 Å². The van der Waals surface area contributed by atoms with Gasteiger partial charge in [0.1, 0.15) is 17.4 Å². The minimum Gasteiger partial charge on any atom is -0.444 e. The van der Waals surface area contributed by atoms with Gasteiger partial charge in [0.15, 0.2) is 0 Å². The maximum absolute atomic E-state index is 14.2. The molecule has 1 aromatic rings. The van der Waals surface area contributed by atoms with E-state index in [-0.39, 0.29) is 5.56 Å². The highest BCUT2D eigenvalue weighted by Gasteiger charge is 2.35. The van der Waals surface area contributed by atoms with Gasteiger partial charge in [-0.05, 0) is 27.7 Å². The van der Waals surface area contributed by atoms with E-state index < -0.39 is 33.7 Å². The van der Waals surface area contributed by atoms with Crippen LogP contribution in [0.3, 0.4) is 0 Å². The molecule has 0 aliphatic carbocycles. The molecular weight excluding hydrogens is 295 g/mol. The van der Waals surface area contributed by atoms with Gasteiger partial charge >= 0.3 is 11.8 Å². The van der Waals surface area contributed by atoms with E-state index in [1.54, 1.807) is 20.8 Å². The van der Waals surface area contributed by atoms with Crippen molar-refractivity contribution in [1.82, 2.24) is 5.32 Å². The van der Waals surface area contributed by atoms with Crippen LogP contribution >= 0.6 is 0 Å². The Morgan fingerprint density at radius 1 is 1.36 bits per heavy atom. The monoisotopic (exact) mass is 312 g/mol. The van der Waals surface area contributed by atoms with Crippen molar-refractivity contribution in [2.75, 3.05) is 0 Å². The van der Waals surface area contributed by atoms with Gasteiger partial charge in [-0.3, -0.25) is 10.1 Å². The molecule has 1 N–H and O–H groups in total. The maximum Gasteiger partial charge on any atom is 0.408 e. The first-order valence-electron chi connectivity index (χ1n) is 6.41. The number of carbonyl (C=O) groups is 2. The minimum atomic E-state index is -1.79. The summed E-state index contributed by atoms with van der Waals surface area (Å²) in [5, 5.41) is 13.0. The van der Waals surface area contributed by atoms with E-state index >= 15 is 0 Å². The number of nitro groups is 1. The Balaban J connectivity index is 3.19. The highest BCUT2D eigenvalue weighted by molar-refractivity contribution is 5.78. The van der Waals surface area contributed by atoms with Crippen molar-refractivity contribution >= 4 is 18.1 Å². The largest absolute Gasteiger partial charge is 0.444 e. The summed E-state index contributed by atoms with van der Waals surface area (Å²) in [6.45, 7) is 6.10. The van der Waals surface area contributed by atoms with Gasteiger partial charge in [-0.2, -0.15) is 4.39 Å². The first kappa shape index (κ1) is 17.5. The SMILES string of the molecule is CC(C)(C)OC(=O)NC(C)(C=O)c1cccc([N+](=O)[O-])c1F. The number of alkyl carbamates (subject to hydrolysis) is 1. The first-order chi connectivity index (χ1) is 10.00. The Hall–Kier alpha value is -2.51. The highest BCUT2D eigenvalue weighted by atomic mass is 19.1. The zero-order chi connectivity index (χ0) is 17.1. The number of rotatable bonds is 4. The Morgan fingerprint density at radius 2 is 1.95 bits per heavy atom. The Morgan fingerprint density at radius 3 is 2.41 bits per heavy atom. The van der Waals surface area contributed by atoms with Crippen LogP contribution in [-0.2, 0) is 15.1 Å². The van der Waals surface area contributed by atoms with Crippen molar-refractivity contribution in [2.45, 2.75) is 38.8 Å². The van der Waals surface area contributed by atoms with Crippen LogP contribution in [0.25, 0.3) is 0 Å². The molecule has 1 unspecified atom stereocenters. The van der Waals surface area contributed by atoms with Crippen LogP contribution in [0.5, 0.6) is 0 Å². The number of ether oxygens (including phenoxy) is 1. The fourth-order valence-corrected chi connectivity index (χ4v) is 1.74. The number of carbonyl (C=O) groups excluding carboxylic acids is 2. The van der Waals surface area contributed by atoms with E-state index in [2.05, 4.69) is 5.32 Å². The van der Waals surface area contributed by atoms with Crippen LogP contribution < -0.4 is 5.32 Å². The number of hydrogen-bond acceptors (Lipinski definition) is 5. The number of amides is 1. The van der Waals surface area contributed by atoms with Gasteiger partial charge < -0.3 is 14.8 Å². The van der Waals surface area contributed by atoms with Crippen LogP contribution in [0.15, 0.2) is 18.2 Å². The summed E-state index contributed by atoms with van der Waals surface area (Å²) in [5.74, 6) is -1.18. The fourth-order valence-electron chi connectivity index (χ4n) is 1.74. The summed E-state index contributed by atoms with van der Waals surface area (Å²) >= 11 is 0. The molecule has 1 rings (SSSR count). The number of nitro benzene ring substituents is 1. The average molecular weight is 312 g/mol. The summed E-state index contributed by atoms with van der Waals surface area (Å²) in [4.78, 5) is 33.0. The second-order valence-corrected chi connectivity index (χ2v) is 5.84. The molecule has 8 heteroatoms. The van der Waals surface area contributed by atoms with Gasteiger partial charge in [-0.25, -0.2) is 4.79 Å². The number of nitrogens with one attached hydrogen (secondary N) is 1. The van der Waals surface area contributed by atoms with Gasteiger partial charge in [0.2, 0.25) is 5.82 Å². The van der Waals surface area contributed by atoms with Crippen LogP contribution in [-0.4, -0.2) is 22.9 Å². The average Bonchev–Trinajstić information content (AvgIpc) is 2.35. The zero-order valence-corrected chi connectivity index (χ0v) is 12.7. The molecule has 0 aliphatic heterocycles. The molecule has 0 fully saturated rings. The lowest BCUT2D eigenvalue weighted by Crippen LogP contribution is -2.47. The molecule has 0 saturated heterocycles. The van der Waals surface area contributed by atoms with Gasteiger partial charge in [-0.15, -0.1) is 0 Å². The molecule has 0 heterocycles. The number of halogens is 1. The molecule has 7 nitrogen and oxygen atoms in total. The van der Waals surface area contributed by atoms with Gasteiger partial charge in [0.05, 0.1) is 4.92 Å². The molecule has 0 saturated carbocycles. The molecule has 0 aromatic heterocycles. The van der Waals surface area contributed by atoms with Crippen LogP contribution in [0, 0.1) is 15.9 Å². The highest BCUT2D eigenvalue weighted by Crippen LogP contribution is 2.28. The van der Waals surface area contributed by atoms with Gasteiger partial charge in [0.25, 0.3) is 0 Å². The van der Waals surface area contributed by atoms with Crippen molar-refractivity contribution in [3.63, 3.8) is 0 Å². The fraction of sp³-hybridized carbons (Fsp3) is 0.429. The summed E-state index contributed by atoms with van der Waals surface area (Å²) in [5.41, 5.74) is -3.70. The smallest absolute Gasteiger partial charge is 0.408 e. The third kappa shape index (κ3) is 4.00. The van der Waals surface area contributed by atoms with E-state index in [0.29, 0.717) is 6.29 Å². The predicted octanol–water partition coefficient (Wildman–Crippen LogP) is 2.67. The summed E-state index contributed by atoms with van der Waals surface area (Å²) in [6.07, 6.45) is -0.646. The Kier molecular flexibility index (Phi) is 4.85. The van der Waals surface area contributed by atoms with Crippen LogP contribution in [0.1, 0.15) is 33.3 Å². The Labute approximate surface area is 126 Å². The lowest BCUT2D eigenvalue weighted by molar-refractivity contribution is -0.387. The van der Waals surface area contributed by atoms with Crippen molar-refractivity contribution in [1.29, 1.82) is 0 Å². The second kappa shape index (κ2) is 6.08. The minimum absolute atomic E-state index is 0.291. The molecule has 1 amide bonds. The summed E-state index contributed by atoms with van der Waals surface area (Å²) < 4.78 is 19.2. The van der Waals surface area contributed by atoms with E-state index in [4.69, 9.17) is 4.74 Å². The predicted molar refractivity (Wildman–Crippen MR) is 75.8 cm³/mol. The lowest BCUT2D eigenvalue weighted by Gasteiger charge is -2.28. The van der Waals surface area contributed by atoms with E-state index in [1.807, 2.05) is 0 Å². The zero-order valence-electron chi connectivity index (χ0n) is 12.7. The molecule has 0 spiro atoms. The lowest BCUT2D eigenvalue weighted by atomic mass is 9.92. The van der Waals surface area contributed by atoms with Crippen LogP contribution in [0.2, 0.25) is 0 Å². The number of nitrogens with zero attached hydrogens (tertiary/aromatic N) is 1. The molecule has 0 bridgehead atoms. The van der Waals surface area contributed by atoms with Crippen LogP contribution in [0.4, 0.5) is 14.9 Å². The molecule has 1 atom stereocenters. The standard InChI is InChI=1S/C14H17FN2O5/c1-13(2,3)22-12(19)16-14(4,8-18)9-6-5-7-10(11(9)15)17(20)21/h5-8H,1-4H3,(H,16,19). The van der Waals surface area contributed by atoms with Gasteiger partial charge in [0, 0.05) is 11.6 Å². The quantitative estimate of drug-likeness (QED) is 0.523. The normalized spacial score (nSPS) is 13.9. The van der Waals surface area contributed by atoms with Gasteiger partial charge in [-0.1, -0.05) is 12.1 Å². The topological polar surface area (TPSA) is 98.5 Å². The van der Waals surface area contributed by atoms with E-state index in [9.17, 15) is 24.1 Å². The molecule has 1 aromatic carbocycles.